The van der Waals surface area contributed by atoms with Gasteiger partial charge in [0, 0.05) is 12.0 Å². The molecule has 2 aliphatic rings. The minimum Gasteiger partial charge on any atom is -0.375 e. The quantitative estimate of drug-likeness (QED) is 0.629. The van der Waals surface area contributed by atoms with E-state index in [1.165, 1.54) is 64.3 Å². The highest BCUT2D eigenvalue weighted by Gasteiger charge is 2.43. The van der Waals surface area contributed by atoms with Crippen molar-refractivity contribution in [2.75, 3.05) is 6.54 Å². The summed E-state index contributed by atoms with van der Waals surface area (Å²) in [5, 5.41) is 3.79. The summed E-state index contributed by atoms with van der Waals surface area (Å²) in [5.74, 6) is 0.803. The van der Waals surface area contributed by atoms with Gasteiger partial charge in [-0.1, -0.05) is 39.5 Å². The molecule has 2 heterocycles. The van der Waals surface area contributed by atoms with Crippen LogP contribution in [0.3, 0.4) is 0 Å². The SMILES string of the molecule is CCCCCCC(NCCC)C1CC2CCC1O2. The molecule has 1 N–H and O–H groups in total. The molecule has 2 saturated heterocycles. The first-order chi connectivity index (χ1) is 8.85. The highest BCUT2D eigenvalue weighted by Crippen LogP contribution is 2.41. The maximum atomic E-state index is 6.03. The van der Waals surface area contributed by atoms with E-state index in [2.05, 4.69) is 19.2 Å². The van der Waals surface area contributed by atoms with Crippen molar-refractivity contribution in [2.24, 2.45) is 5.92 Å². The number of unbranched alkanes of at least 4 members (excludes halogenated alkanes) is 3. The largest absolute Gasteiger partial charge is 0.375 e. The summed E-state index contributed by atoms with van der Waals surface area (Å²) < 4.78 is 6.03. The number of ether oxygens (including phenoxy) is 1. The molecule has 106 valence electrons. The Labute approximate surface area is 113 Å². The second kappa shape index (κ2) is 7.49. The summed E-state index contributed by atoms with van der Waals surface area (Å²) in [6.45, 7) is 5.72. The Balaban J connectivity index is 1.76. The number of hydrogen-bond acceptors (Lipinski definition) is 2. The topological polar surface area (TPSA) is 21.3 Å². The second-order valence-electron chi connectivity index (χ2n) is 6.18. The van der Waals surface area contributed by atoms with E-state index in [1.54, 1.807) is 0 Å². The number of rotatable bonds is 9. The highest BCUT2D eigenvalue weighted by molar-refractivity contribution is 4.95. The summed E-state index contributed by atoms with van der Waals surface area (Å²) >= 11 is 0. The molecule has 2 aliphatic heterocycles. The van der Waals surface area contributed by atoms with Crippen molar-refractivity contribution in [3.63, 3.8) is 0 Å². The Morgan fingerprint density at radius 2 is 2.00 bits per heavy atom. The van der Waals surface area contributed by atoms with E-state index in [0.717, 1.165) is 12.0 Å². The minimum atomic E-state index is 0.579. The Morgan fingerprint density at radius 1 is 1.11 bits per heavy atom. The zero-order chi connectivity index (χ0) is 12.8. The molecule has 2 fully saturated rings. The Morgan fingerprint density at radius 3 is 2.61 bits per heavy atom. The fourth-order valence-electron chi connectivity index (χ4n) is 3.69. The van der Waals surface area contributed by atoms with Crippen LogP contribution in [0, 0.1) is 5.92 Å². The van der Waals surface area contributed by atoms with Gasteiger partial charge in [-0.3, -0.25) is 0 Å². The van der Waals surface area contributed by atoms with E-state index in [9.17, 15) is 0 Å². The van der Waals surface area contributed by atoms with E-state index in [1.807, 2.05) is 0 Å². The van der Waals surface area contributed by atoms with Gasteiger partial charge in [-0.15, -0.1) is 0 Å². The van der Waals surface area contributed by atoms with Gasteiger partial charge in [0.2, 0.25) is 0 Å². The summed E-state index contributed by atoms with van der Waals surface area (Å²) in [4.78, 5) is 0. The first-order valence-corrected chi connectivity index (χ1v) is 8.24. The molecule has 0 amide bonds. The predicted molar refractivity (Wildman–Crippen MR) is 76.8 cm³/mol. The maximum Gasteiger partial charge on any atom is 0.0623 e. The Bertz CT molecular complexity index is 231. The molecule has 0 aromatic carbocycles. The van der Waals surface area contributed by atoms with Gasteiger partial charge in [0.05, 0.1) is 12.2 Å². The molecule has 2 bridgehead atoms. The first-order valence-electron chi connectivity index (χ1n) is 8.24. The van der Waals surface area contributed by atoms with E-state index >= 15 is 0 Å². The van der Waals surface area contributed by atoms with Crippen molar-refractivity contribution in [2.45, 2.75) is 89.9 Å². The fourth-order valence-corrected chi connectivity index (χ4v) is 3.69. The van der Waals surface area contributed by atoms with Crippen molar-refractivity contribution in [1.29, 1.82) is 0 Å². The third-order valence-electron chi connectivity index (χ3n) is 4.70. The van der Waals surface area contributed by atoms with Gasteiger partial charge >= 0.3 is 0 Å². The third kappa shape index (κ3) is 3.71. The van der Waals surface area contributed by atoms with Crippen LogP contribution in [0.1, 0.15) is 71.6 Å². The van der Waals surface area contributed by atoms with E-state index in [0.29, 0.717) is 12.2 Å². The van der Waals surface area contributed by atoms with Crippen molar-refractivity contribution < 1.29 is 4.74 Å². The van der Waals surface area contributed by atoms with E-state index < -0.39 is 0 Å². The monoisotopic (exact) mass is 253 g/mol. The zero-order valence-corrected chi connectivity index (χ0v) is 12.3. The molecule has 0 saturated carbocycles. The molecule has 4 unspecified atom stereocenters. The molecule has 0 aromatic rings. The van der Waals surface area contributed by atoms with Crippen LogP contribution in [0.5, 0.6) is 0 Å². The highest BCUT2D eigenvalue weighted by atomic mass is 16.5. The maximum absolute atomic E-state index is 6.03. The van der Waals surface area contributed by atoms with Gasteiger partial charge in [0.25, 0.3) is 0 Å². The van der Waals surface area contributed by atoms with Crippen LogP contribution in [0.2, 0.25) is 0 Å². The summed E-state index contributed by atoms with van der Waals surface area (Å²) in [6.07, 6.45) is 13.3. The molecule has 2 heteroatoms. The second-order valence-corrected chi connectivity index (χ2v) is 6.18. The number of fused-ring (bicyclic) bond motifs is 2. The van der Waals surface area contributed by atoms with Crippen LogP contribution >= 0.6 is 0 Å². The molecule has 18 heavy (non-hydrogen) atoms. The van der Waals surface area contributed by atoms with Gasteiger partial charge in [-0.05, 0) is 38.6 Å². The lowest BCUT2D eigenvalue weighted by molar-refractivity contribution is 0.0847. The third-order valence-corrected chi connectivity index (χ3v) is 4.70. The van der Waals surface area contributed by atoms with Gasteiger partial charge in [-0.25, -0.2) is 0 Å². The zero-order valence-electron chi connectivity index (χ0n) is 12.3. The van der Waals surface area contributed by atoms with E-state index in [4.69, 9.17) is 4.74 Å². The lowest BCUT2D eigenvalue weighted by Crippen LogP contribution is -2.41. The lowest BCUT2D eigenvalue weighted by Gasteiger charge is -2.29. The molecule has 2 rings (SSSR count). The molecular weight excluding hydrogens is 222 g/mol. The number of nitrogens with one attached hydrogen (secondary N) is 1. The Hall–Kier alpha value is -0.0800. The van der Waals surface area contributed by atoms with Crippen LogP contribution in [-0.2, 0) is 4.74 Å². The molecular formula is C16H31NO. The first kappa shape index (κ1) is 14.3. The normalized spacial score (nSPS) is 32.0. The molecule has 0 radical (unpaired) electrons. The molecule has 0 spiro atoms. The predicted octanol–water partition coefficient (Wildman–Crippen LogP) is 3.89. The summed E-state index contributed by atoms with van der Waals surface area (Å²) in [7, 11) is 0. The number of hydrogen-bond donors (Lipinski definition) is 1. The smallest absolute Gasteiger partial charge is 0.0623 e. The molecule has 2 nitrogen and oxygen atoms in total. The van der Waals surface area contributed by atoms with Gasteiger partial charge in [0.1, 0.15) is 0 Å². The van der Waals surface area contributed by atoms with Crippen LogP contribution in [0.25, 0.3) is 0 Å². The summed E-state index contributed by atoms with van der Waals surface area (Å²) in [5.41, 5.74) is 0. The van der Waals surface area contributed by atoms with Gasteiger partial charge in [-0.2, -0.15) is 0 Å². The van der Waals surface area contributed by atoms with Crippen molar-refractivity contribution in [3.05, 3.63) is 0 Å². The standard InChI is InChI=1S/C16H31NO/c1-3-5-6-7-8-15(17-11-4-2)14-12-13-9-10-16(14)18-13/h13-17H,3-12H2,1-2H3. The van der Waals surface area contributed by atoms with Crippen LogP contribution in [0.15, 0.2) is 0 Å². The van der Waals surface area contributed by atoms with Crippen LogP contribution < -0.4 is 5.32 Å². The van der Waals surface area contributed by atoms with Crippen LogP contribution in [-0.4, -0.2) is 24.8 Å². The van der Waals surface area contributed by atoms with E-state index in [-0.39, 0.29) is 0 Å². The summed E-state index contributed by atoms with van der Waals surface area (Å²) in [6, 6.07) is 0.720. The van der Waals surface area contributed by atoms with Crippen LogP contribution in [0.4, 0.5) is 0 Å². The Kier molecular flexibility index (Phi) is 5.97. The van der Waals surface area contributed by atoms with Gasteiger partial charge in [0.15, 0.2) is 0 Å². The molecule has 0 aliphatic carbocycles. The van der Waals surface area contributed by atoms with Crippen molar-refractivity contribution in [1.82, 2.24) is 5.32 Å². The van der Waals surface area contributed by atoms with Crippen molar-refractivity contribution >= 4 is 0 Å². The average Bonchev–Trinajstić information content (AvgIpc) is 3.00. The lowest BCUT2D eigenvalue weighted by atomic mass is 9.82. The average molecular weight is 253 g/mol. The fraction of sp³-hybridized carbons (Fsp3) is 1.00. The molecule has 4 atom stereocenters. The van der Waals surface area contributed by atoms with Crippen molar-refractivity contribution in [3.8, 4) is 0 Å². The molecule has 0 aromatic heterocycles. The van der Waals surface area contributed by atoms with Gasteiger partial charge < -0.3 is 10.1 Å². The minimum absolute atomic E-state index is 0.579.